The summed E-state index contributed by atoms with van der Waals surface area (Å²) in [5, 5.41) is 3.52. The predicted octanol–water partition coefficient (Wildman–Crippen LogP) is 6.71. The topological polar surface area (TPSA) is 86.8 Å². The third-order valence-electron chi connectivity index (χ3n) is 7.19. The van der Waals surface area contributed by atoms with Crippen molar-refractivity contribution in [2.24, 2.45) is 0 Å². The molecule has 0 aromatic heterocycles. The fourth-order valence-corrected chi connectivity index (χ4v) is 6.61. The lowest BCUT2D eigenvalue weighted by Gasteiger charge is -2.35. The van der Waals surface area contributed by atoms with Crippen molar-refractivity contribution in [1.29, 1.82) is 0 Å². The number of benzene rings is 4. The average Bonchev–Trinajstić information content (AvgIpc) is 2.97. The van der Waals surface area contributed by atoms with Gasteiger partial charge in [-0.25, -0.2) is 8.42 Å². The normalized spacial score (nSPS) is 12.3. The molecule has 0 aliphatic heterocycles. The van der Waals surface area contributed by atoms with Gasteiger partial charge in [-0.05, 0) is 87.7 Å². The molecular formula is C36H40ClN3O4S. The van der Waals surface area contributed by atoms with E-state index in [0.717, 1.165) is 21.0 Å². The average molecular weight is 646 g/mol. The maximum atomic E-state index is 14.5. The highest BCUT2D eigenvalue weighted by Crippen LogP contribution is 2.26. The molecule has 0 radical (unpaired) electrons. The van der Waals surface area contributed by atoms with Crippen LogP contribution in [0.2, 0.25) is 5.02 Å². The van der Waals surface area contributed by atoms with Gasteiger partial charge in [0.05, 0.1) is 10.6 Å². The number of halogens is 1. The molecule has 0 fully saturated rings. The van der Waals surface area contributed by atoms with Crippen LogP contribution in [0.5, 0.6) is 0 Å². The predicted molar refractivity (Wildman–Crippen MR) is 181 cm³/mol. The molecule has 0 bridgehead atoms. The first-order chi connectivity index (χ1) is 21.2. The van der Waals surface area contributed by atoms with Crippen LogP contribution in [0.15, 0.2) is 108 Å². The Balaban J connectivity index is 1.82. The maximum Gasteiger partial charge on any atom is 0.264 e. The SMILES string of the molecule is Cc1ccc(S(=O)(=O)N(CC(=O)N(Cc2cccc(Cl)c2)C(Cc2ccccc2)C(=O)NC(C)(C)C)c2cccc(C)c2)cc1. The molecule has 1 unspecified atom stereocenters. The number of hydrogen-bond acceptors (Lipinski definition) is 4. The summed E-state index contributed by atoms with van der Waals surface area (Å²) in [6.45, 7) is 8.89. The summed E-state index contributed by atoms with van der Waals surface area (Å²) < 4.78 is 29.4. The lowest BCUT2D eigenvalue weighted by atomic mass is 10.0. The molecule has 4 rings (SSSR count). The van der Waals surface area contributed by atoms with Crippen molar-refractivity contribution >= 4 is 39.1 Å². The third-order valence-corrected chi connectivity index (χ3v) is 9.21. The number of amides is 2. The smallest absolute Gasteiger partial charge is 0.264 e. The van der Waals surface area contributed by atoms with Crippen LogP contribution in [0, 0.1) is 13.8 Å². The van der Waals surface area contributed by atoms with Crippen molar-refractivity contribution < 1.29 is 18.0 Å². The summed E-state index contributed by atoms with van der Waals surface area (Å²) >= 11 is 6.31. The Morgan fingerprint density at radius 2 is 1.44 bits per heavy atom. The summed E-state index contributed by atoms with van der Waals surface area (Å²) in [6, 6.07) is 29.1. The van der Waals surface area contributed by atoms with E-state index in [9.17, 15) is 18.0 Å². The van der Waals surface area contributed by atoms with Crippen LogP contribution < -0.4 is 9.62 Å². The van der Waals surface area contributed by atoms with Gasteiger partial charge in [0.15, 0.2) is 0 Å². The van der Waals surface area contributed by atoms with Gasteiger partial charge >= 0.3 is 0 Å². The van der Waals surface area contributed by atoms with Crippen LogP contribution in [-0.4, -0.2) is 43.3 Å². The fourth-order valence-electron chi connectivity index (χ4n) is 4.99. The molecule has 0 heterocycles. The number of carbonyl (C=O) groups is 2. The number of sulfonamides is 1. The first-order valence-corrected chi connectivity index (χ1v) is 16.6. The van der Waals surface area contributed by atoms with E-state index in [1.165, 1.54) is 17.0 Å². The maximum absolute atomic E-state index is 14.5. The molecule has 2 amide bonds. The molecule has 45 heavy (non-hydrogen) atoms. The molecule has 236 valence electrons. The lowest BCUT2D eigenvalue weighted by molar-refractivity contribution is -0.140. The second kappa shape index (κ2) is 14.3. The molecule has 9 heteroatoms. The molecule has 0 saturated carbocycles. The van der Waals surface area contributed by atoms with Gasteiger partial charge < -0.3 is 10.2 Å². The summed E-state index contributed by atoms with van der Waals surface area (Å²) in [5.41, 5.74) is 3.10. The second-order valence-electron chi connectivity index (χ2n) is 12.3. The Morgan fingerprint density at radius 3 is 2.07 bits per heavy atom. The molecule has 4 aromatic carbocycles. The summed E-state index contributed by atoms with van der Waals surface area (Å²) in [6.07, 6.45) is 0.226. The molecule has 0 spiro atoms. The highest BCUT2D eigenvalue weighted by molar-refractivity contribution is 7.92. The first kappa shape index (κ1) is 33.7. The van der Waals surface area contributed by atoms with Gasteiger partial charge in [0, 0.05) is 23.5 Å². The molecule has 7 nitrogen and oxygen atoms in total. The molecule has 0 saturated heterocycles. The number of anilines is 1. The van der Waals surface area contributed by atoms with Gasteiger partial charge in [-0.2, -0.15) is 0 Å². The second-order valence-corrected chi connectivity index (χ2v) is 14.6. The van der Waals surface area contributed by atoms with Crippen molar-refractivity contribution in [3.05, 3.63) is 130 Å². The van der Waals surface area contributed by atoms with Crippen molar-refractivity contribution in [3.8, 4) is 0 Å². The summed E-state index contributed by atoms with van der Waals surface area (Å²) in [5.74, 6) is -0.873. The van der Waals surface area contributed by atoms with Crippen LogP contribution in [0.25, 0.3) is 0 Å². The van der Waals surface area contributed by atoms with E-state index in [1.807, 2.05) is 77.1 Å². The van der Waals surface area contributed by atoms with E-state index in [2.05, 4.69) is 5.32 Å². The van der Waals surface area contributed by atoms with Crippen molar-refractivity contribution in [2.75, 3.05) is 10.8 Å². The number of carbonyl (C=O) groups excluding carboxylic acids is 2. The van der Waals surface area contributed by atoms with Crippen LogP contribution in [0.4, 0.5) is 5.69 Å². The fraction of sp³-hybridized carbons (Fsp3) is 0.278. The Labute approximate surface area is 271 Å². The van der Waals surface area contributed by atoms with Crippen molar-refractivity contribution in [3.63, 3.8) is 0 Å². The van der Waals surface area contributed by atoms with Crippen LogP contribution >= 0.6 is 11.6 Å². The zero-order valence-electron chi connectivity index (χ0n) is 26.3. The van der Waals surface area contributed by atoms with Gasteiger partial charge in [-0.1, -0.05) is 83.9 Å². The van der Waals surface area contributed by atoms with E-state index in [1.54, 1.807) is 48.5 Å². The van der Waals surface area contributed by atoms with Crippen molar-refractivity contribution in [1.82, 2.24) is 10.2 Å². The highest BCUT2D eigenvalue weighted by atomic mass is 35.5. The molecule has 0 aliphatic carbocycles. The zero-order valence-corrected chi connectivity index (χ0v) is 27.9. The van der Waals surface area contributed by atoms with E-state index >= 15 is 0 Å². The number of nitrogens with zero attached hydrogens (tertiary/aromatic N) is 2. The van der Waals surface area contributed by atoms with Crippen LogP contribution in [0.3, 0.4) is 0 Å². The summed E-state index contributed by atoms with van der Waals surface area (Å²) in [4.78, 5) is 30.0. The van der Waals surface area contributed by atoms with Gasteiger partial charge in [-0.3, -0.25) is 13.9 Å². The van der Waals surface area contributed by atoms with Crippen LogP contribution in [0.1, 0.15) is 43.0 Å². The Hall–Kier alpha value is -4.14. The van der Waals surface area contributed by atoms with Gasteiger partial charge in [-0.15, -0.1) is 0 Å². The Kier molecular flexibility index (Phi) is 10.7. The lowest BCUT2D eigenvalue weighted by Crippen LogP contribution is -2.56. The number of aryl methyl sites for hydroxylation is 2. The Morgan fingerprint density at radius 1 is 0.800 bits per heavy atom. The number of hydrogen-bond donors (Lipinski definition) is 1. The van der Waals surface area contributed by atoms with Crippen molar-refractivity contribution in [2.45, 2.75) is 64.1 Å². The van der Waals surface area contributed by atoms with E-state index < -0.39 is 34.1 Å². The zero-order chi connectivity index (χ0) is 32.8. The van der Waals surface area contributed by atoms with Crippen LogP contribution in [-0.2, 0) is 32.6 Å². The number of nitrogens with one attached hydrogen (secondary N) is 1. The van der Waals surface area contributed by atoms with Gasteiger partial charge in [0.1, 0.15) is 12.6 Å². The summed E-state index contributed by atoms with van der Waals surface area (Å²) in [7, 11) is -4.17. The minimum Gasteiger partial charge on any atom is -0.350 e. The van der Waals surface area contributed by atoms with Gasteiger partial charge in [0.2, 0.25) is 11.8 Å². The van der Waals surface area contributed by atoms with Gasteiger partial charge in [0.25, 0.3) is 10.0 Å². The molecule has 1 atom stereocenters. The standard InChI is InChI=1S/C36H40ClN3O4S/c1-26-17-19-32(20-18-26)45(43,44)40(31-16-9-11-27(2)21-31)25-34(41)39(24-29-14-10-15-30(37)22-29)33(35(42)38-36(3,4)5)23-28-12-7-6-8-13-28/h6-22,33H,23-25H2,1-5H3,(H,38,42). The minimum absolute atomic E-state index is 0.0424. The quantitative estimate of drug-likeness (QED) is 0.197. The largest absolute Gasteiger partial charge is 0.350 e. The van der Waals surface area contributed by atoms with E-state index in [-0.39, 0.29) is 23.8 Å². The highest BCUT2D eigenvalue weighted by Gasteiger charge is 2.35. The van der Waals surface area contributed by atoms with E-state index in [0.29, 0.717) is 16.3 Å². The number of rotatable bonds is 11. The molecule has 1 N–H and O–H groups in total. The molecule has 4 aromatic rings. The minimum atomic E-state index is -4.17. The Bertz CT molecular complexity index is 1740. The van der Waals surface area contributed by atoms with E-state index in [4.69, 9.17) is 11.6 Å². The monoisotopic (exact) mass is 645 g/mol. The molecule has 0 aliphatic rings. The third kappa shape index (κ3) is 9.19. The first-order valence-electron chi connectivity index (χ1n) is 14.8. The molecular weight excluding hydrogens is 606 g/mol.